The molecule has 9 nitrogen and oxygen atoms in total. The Morgan fingerprint density at radius 3 is 2.31 bits per heavy atom. The van der Waals surface area contributed by atoms with E-state index >= 15 is 0 Å². The van der Waals surface area contributed by atoms with Crippen LogP contribution >= 0.6 is 0 Å². The van der Waals surface area contributed by atoms with Gasteiger partial charge in [-0.15, -0.1) is 0 Å². The van der Waals surface area contributed by atoms with Gasteiger partial charge in [0.1, 0.15) is 5.75 Å². The zero-order valence-electron chi connectivity index (χ0n) is 22.2. The van der Waals surface area contributed by atoms with Gasteiger partial charge in [-0.05, 0) is 48.9 Å². The van der Waals surface area contributed by atoms with E-state index in [1.807, 2.05) is 18.2 Å². The first kappa shape index (κ1) is 27.5. The summed E-state index contributed by atoms with van der Waals surface area (Å²) in [6, 6.07) is 23.9. The number of aromatic nitrogens is 2. The summed E-state index contributed by atoms with van der Waals surface area (Å²) in [7, 11) is 1.56. The van der Waals surface area contributed by atoms with E-state index in [0.717, 1.165) is 26.1 Å². The molecule has 0 saturated carbocycles. The highest BCUT2D eigenvalue weighted by Crippen LogP contribution is 2.17. The summed E-state index contributed by atoms with van der Waals surface area (Å²) in [6.45, 7) is 5.05. The van der Waals surface area contributed by atoms with E-state index in [9.17, 15) is 14.4 Å². The summed E-state index contributed by atoms with van der Waals surface area (Å²) in [5.41, 5.74) is 1.46. The molecule has 9 heteroatoms. The summed E-state index contributed by atoms with van der Waals surface area (Å²) >= 11 is 0. The molecule has 0 unspecified atom stereocenters. The molecular weight excluding hydrogens is 494 g/mol. The van der Waals surface area contributed by atoms with Crippen molar-refractivity contribution in [1.82, 2.24) is 25.3 Å². The number of nitrogens with zero attached hydrogens (tertiary/aromatic N) is 3. The average Bonchev–Trinajstić information content (AvgIpc) is 2.98. The molecule has 4 rings (SSSR count). The lowest BCUT2D eigenvalue weighted by Gasteiger charge is -2.20. The van der Waals surface area contributed by atoms with Crippen LogP contribution in [-0.2, 0) is 11.3 Å². The van der Waals surface area contributed by atoms with Gasteiger partial charge in [0, 0.05) is 25.0 Å². The Morgan fingerprint density at radius 1 is 0.923 bits per heavy atom. The highest BCUT2D eigenvalue weighted by molar-refractivity contribution is 6.05. The van der Waals surface area contributed by atoms with Crippen molar-refractivity contribution in [3.63, 3.8) is 0 Å². The van der Waals surface area contributed by atoms with Gasteiger partial charge < -0.3 is 15.4 Å². The predicted molar refractivity (Wildman–Crippen MR) is 151 cm³/mol. The van der Waals surface area contributed by atoms with Crippen molar-refractivity contribution in [2.75, 3.05) is 33.3 Å². The molecule has 4 aromatic rings. The van der Waals surface area contributed by atoms with E-state index < -0.39 is 5.91 Å². The number of ether oxygens (including phenoxy) is 1. The summed E-state index contributed by atoms with van der Waals surface area (Å²) in [4.78, 5) is 40.9. The molecule has 2 amide bonds. The van der Waals surface area contributed by atoms with Gasteiger partial charge in [0.05, 0.1) is 24.7 Å². The van der Waals surface area contributed by atoms with Crippen molar-refractivity contribution in [3.05, 3.63) is 100 Å². The van der Waals surface area contributed by atoms with Crippen molar-refractivity contribution < 1.29 is 14.3 Å². The molecule has 202 valence electrons. The van der Waals surface area contributed by atoms with Crippen LogP contribution in [0, 0.1) is 0 Å². The zero-order valence-corrected chi connectivity index (χ0v) is 22.2. The molecule has 0 atom stereocenters. The van der Waals surface area contributed by atoms with Gasteiger partial charge >= 0.3 is 0 Å². The molecular formula is C30H33N5O4. The van der Waals surface area contributed by atoms with Crippen LogP contribution in [0.5, 0.6) is 5.75 Å². The van der Waals surface area contributed by atoms with E-state index in [2.05, 4.69) is 39.7 Å². The van der Waals surface area contributed by atoms with Crippen LogP contribution in [0.1, 0.15) is 29.4 Å². The number of fused-ring (bicyclic) bond motifs is 1. The zero-order chi connectivity index (χ0) is 27.6. The lowest BCUT2D eigenvalue weighted by molar-refractivity contribution is -0.120. The van der Waals surface area contributed by atoms with Gasteiger partial charge in [-0.2, -0.15) is 9.78 Å². The molecule has 0 radical (unpaired) electrons. The van der Waals surface area contributed by atoms with E-state index in [-0.39, 0.29) is 23.7 Å². The summed E-state index contributed by atoms with van der Waals surface area (Å²) in [5, 5.41) is 10.6. The maximum atomic E-state index is 13.1. The Bertz CT molecular complexity index is 1470. The van der Waals surface area contributed by atoms with E-state index in [4.69, 9.17) is 4.74 Å². The Balaban J connectivity index is 1.36. The van der Waals surface area contributed by atoms with Gasteiger partial charge in [-0.1, -0.05) is 55.5 Å². The molecule has 3 aromatic carbocycles. The average molecular weight is 528 g/mol. The molecule has 0 bridgehead atoms. The minimum absolute atomic E-state index is 0.0633. The second kappa shape index (κ2) is 13.3. The van der Waals surface area contributed by atoms with Gasteiger partial charge in [0.25, 0.3) is 11.5 Å². The molecule has 0 spiro atoms. The number of methoxy groups -OCH3 is 1. The topological polar surface area (TPSA) is 106 Å². The lowest BCUT2D eigenvalue weighted by Crippen LogP contribution is -2.39. The third-order valence-corrected chi connectivity index (χ3v) is 6.42. The summed E-state index contributed by atoms with van der Waals surface area (Å²) in [5.74, 6) is -0.193. The van der Waals surface area contributed by atoms with Crippen LogP contribution in [-0.4, -0.2) is 59.8 Å². The second-order valence-electron chi connectivity index (χ2n) is 9.05. The maximum absolute atomic E-state index is 13.1. The number of amides is 2. The minimum atomic E-state index is -0.538. The van der Waals surface area contributed by atoms with Crippen LogP contribution in [0.25, 0.3) is 16.5 Å². The number of carbonyl (C=O) groups excluding carboxylic acids is 2. The molecule has 0 aliphatic carbocycles. The van der Waals surface area contributed by atoms with Gasteiger partial charge in [-0.25, -0.2) is 0 Å². The SMILES string of the molecule is CCN(CCCNC(=O)CNC(=O)c1nn(-c2ccc(OC)cc2)c(=O)c2ccccc12)Cc1ccccc1. The molecule has 0 aliphatic heterocycles. The first-order valence-electron chi connectivity index (χ1n) is 13.0. The second-order valence-corrected chi connectivity index (χ2v) is 9.05. The fraction of sp³-hybridized carbons (Fsp3) is 0.267. The highest BCUT2D eigenvalue weighted by Gasteiger charge is 2.18. The molecule has 1 heterocycles. The highest BCUT2D eigenvalue weighted by atomic mass is 16.5. The first-order chi connectivity index (χ1) is 19.0. The van der Waals surface area contributed by atoms with E-state index in [0.29, 0.717) is 28.8 Å². The third-order valence-electron chi connectivity index (χ3n) is 6.42. The van der Waals surface area contributed by atoms with E-state index in [1.165, 1.54) is 10.2 Å². The van der Waals surface area contributed by atoms with E-state index in [1.54, 1.807) is 55.6 Å². The monoisotopic (exact) mass is 527 g/mol. The van der Waals surface area contributed by atoms with Gasteiger partial charge in [-0.3, -0.25) is 19.3 Å². The van der Waals surface area contributed by atoms with Crippen molar-refractivity contribution in [1.29, 1.82) is 0 Å². The number of nitrogens with one attached hydrogen (secondary N) is 2. The normalized spacial score (nSPS) is 10.9. The number of hydrogen-bond acceptors (Lipinski definition) is 6. The largest absolute Gasteiger partial charge is 0.497 e. The van der Waals surface area contributed by atoms with Crippen LogP contribution in [0.4, 0.5) is 0 Å². The quantitative estimate of drug-likeness (QED) is 0.274. The Labute approximate surface area is 227 Å². The molecule has 1 aromatic heterocycles. The van der Waals surface area contributed by atoms with Crippen LogP contribution in [0.15, 0.2) is 83.7 Å². The lowest BCUT2D eigenvalue weighted by atomic mass is 10.1. The molecule has 0 aliphatic rings. The molecule has 0 fully saturated rings. The molecule has 39 heavy (non-hydrogen) atoms. The maximum Gasteiger partial charge on any atom is 0.279 e. The van der Waals surface area contributed by atoms with Crippen LogP contribution in [0.2, 0.25) is 0 Å². The number of carbonyl (C=O) groups is 2. The van der Waals surface area contributed by atoms with Gasteiger partial charge in [0.15, 0.2) is 5.69 Å². The standard InChI is InChI=1S/C30H33N5O4/c1-3-34(21-22-10-5-4-6-11-22)19-9-18-31-27(36)20-32-29(37)28-25-12-7-8-13-26(25)30(38)35(33-28)23-14-16-24(39-2)17-15-23/h4-8,10-17H,3,9,18-21H2,1-2H3,(H,31,36)(H,32,37). The smallest absolute Gasteiger partial charge is 0.279 e. The Kier molecular flexibility index (Phi) is 9.42. The van der Waals surface area contributed by atoms with Crippen molar-refractivity contribution in [2.24, 2.45) is 0 Å². The van der Waals surface area contributed by atoms with Gasteiger partial charge in [0.2, 0.25) is 5.91 Å². The first-order valence-corrected chi connectivity index (χ1v) is 13.0. The number of benzene rings is 3. The third kappa shape index (κ3) is 7.08. The summed E-state index contributed by atoms with van der Waals surface area (Å²) < 4.78 is 6.37. The van der Waals surface area contributed by atoms with Crippen LogP contribution < -0.4 is 20.9 Å². The predicted octanol–water partition coefficient (Wildman–Crippen LogP) is 3.15. The molecule has 0 saturated heterocycles. The molecule has 2 N–H and O–H groups in total. The minimum Gasteiger partial charge on any atom is -0.497 e. The van der Waals surface area contributed by atoms with Crippen molar-refractivity contribution in [3.8, 4) is 11.4 Å². The number of rotatable bonds is 12. The van der Waals surface area contributed by atoms with Crippen molar-refractivity contribution >= 4 is 22.6 Å². The Morgan fingerprint density at radius 2 is 1.62 bits per heavy atom. The Hall–Kier alpha value is -4.50. The fourth-order valence-electron chi connectivity index (χ4n) is 4.28. The fourth-order valence-corrected chi connectivity index (χ4v) is 4.28. The van der Waals surface area contributed by atoms with Crippen molar-refractivity contribution in [2.45, 2.75) is 19.9 Å². The summed E-state index contributed by atoms with van der Waals surface area (Å²) in [6.07, 6.45) is 0.791. The number of hydrogen-bond donors (Lipinski definition) is 2. The van der Waals surface area contributed by atoms with Crippen LogP contribution in [0.3, 0.4) is 0 Å².